The van der Waals surface area contributed by atoms with E-state index in [1.807, 2.05) is 24.3 Å². The molecule has 0 spiro atoms. The van der Waals surface area contributed by atoms with Gasteiger partial charge in [-0.15, -0.1) is 6.58 Å². The number of hydrogen-bond donors (Lipinski definition) is 0. The molecule has 0 atom stereocenters. The summed E-state index contributed by atoms with van der Waals surface area (Å²) in [5, 5.41) is 0. The van der Waals surface area contributed by atoms with E-state index in [-0.39, 0.29) is 5.91 Å². The van der Waals surface area contributed by atoms with Crippen molar-refractivity contribution >= 4 is 53.7 Å². The van der Waals surface area contributed by atoms with Crippen LogP contribution < -0.4 is 4.74 Å². The quantitative estimate of drug-likeness (QED) is 0.495. The van der Waals surface area contributed by atoms with Gasteiger partial charge in [0.2, 0.25) is 2.14 Å². The summed E-state index contributed by atoms with van der Waals surface area (Å²) in [6.07, 6.45) is 1.69. The SMILES string of the molecule is C=CCN(Cc1ccc(OC)cc1)C(=O)C(Br)(Br)Br. The summed E-state index contributed by atoms with van der Waals surface area (Å²) in [4.78, 5) is 13.9. The number of methoxy groups -OCH3 is 1. The fraction of sp³-hybridized carbons (Fsp3) is 0.308. The maximum absolute atomic E-state index is 12.2. The standard InChI is InChI=1S/C13H14Br3NO2/c1-3-8-17(12(18)13(14,15)16)9-10-4-6-11(19-2)7-5-10/h3-7H,1,8-9H2,2H3. The summed E-state index contributed by atoms with van der Waals surface area (Å²) in [5.41, 5.74) is 1.02. The minimum Gasteiger partial charge on any atom is -0.497 e. The Hall–Kier alpha value is -0.330. The Morgan fingerprint density at radius 1 is 1.37 bits per heavy atom. The molecule has 0 heterocycles. The van der Waals surface area contributed by atoms with Gasteiger partial charge in [-0.2, -0.15) is 0 Å². The van der Waals surface area contributed by atoms with Gasteiger partial charge in [0.05, 0.1) is 7.11 Å². The summed E-state index contributed by atoms with van der Waals surface area (Å²) in [7, 11) is 1.62. The minimum absolute atomic E-state index is 0.122. The van der Waals surface area contributed by atoms with Crippen LogP contribution in [-0.4, -0.2) is 26.6 Å². The molecule has 1 amide bonds. The highest BCUT2D eigenvalue weighted by Crippen LogP contribution is 2.35. The van der Waals surface area contributed by atoms with Crippen LogP contribution in [0.15, 0.2) is 36.9 Å². The third-order valence-electron chi connectivity index (χ3n) is 2.41. The Labute approximate surface area is 138 Å². The number of benzene rings is 1. The highest BCUT2D eigenvalue weighted by atomic mass is 80.0. The van der Waals surface area contributed by atoms with Crippen molar-refractivity contribution in [3.05, 3.63) is 42.5 Å². The molecule has 6 heteroatoms. The summed E-state index contributed by atoms with van der Waals surface area (Å²) < 4.78 is 4.16. The van der Waals surface area contributed by atoms with E-state index in [1.165, 1.54) is 0 Å². The van der Waals surface area contributed by atoms with Gasteiger partial charge in [-0.3, -0.25) is 4.79 Å². The molecular formula is C13H14Br3NO2. The van der Waals surface area contributed by atoms with Gasteiger partial charge in [0.1, 0.15) is 5.75 Å². The molecular weight excluding hydrogens is 442 g/mol. The zero-order valence-electron chi connectivity index (χ0n) is 10.4. The highest BCUT2D eigenvalue weighted by molar-refractivity contribution is 9.40. The number of amides is 1. The van der Waals surface area contributed by atoms with E-state index in [0.29, 0.717) is 13.1 Å². The number of rotatable bonds is 5. The number of alkyl halides is 3. The van der Waals surface area contributed by atoms with Crippen LogP contribution in [0.5, 0.6) is 5.75 Å². The molecule has 0 aliphatic carbocycles. The van der Waals surface area contributed by atoms with Crippen molar-refractivity contribution in [3.63, 3.8) is 0 Å². The summed E-state index contributed by atoms with van der Waals surface area (Å²) in [5.74, 6) is 0.671. The van der Waals surface area contributed by atoms with Crippen LogP contribution in [0.3, 0.4) is 0 Å². The molecule has 3 nitrogen and oxygen atoms in total. The van der Waals surface area contributed by atoms with Gasteiger partial charge in [0.25, 0.3) is 5.91 Å². The van der Waals surface area contributed by atoms with E-state index in [1.54, 1.807) is 18.1 Å². The molecule has 19 heavy (non-hydrogen) atoms. The van der Waals surface area contributed by atoms with Gasteiger partial charge in [0, 0.05) is 13.1 Å². The molecule has 0 saturated heterocycles. The Morgan fingerprint density at radius 3 is 2.37 bits per heavy atom. The lowest BCUT2D eigenvalue weighted by Gasteiger charge is -2.25. The second kappa shape index (κ2) is 7.45. The Balaban J connectivity index is 2.83. The van der Waals surface area contributed by atoms with Gasteiger partial charge >= 0.3 is 0 Å². The molecule has 1 aromatic carbocycles. The maximum atomic E-state index is 12.2. The molecule has 0 aromatic heterocycles. The number of carbonyl (C=O) groups excluding carboxylic acids is 1. The topological polar surface area (TPSA) is 29.5 Å². The molecule has 1 rings (SSSR count). The van der Waals surface area contributed by atoms with E-state index in [4.69, 9.17) is 4.74 Å². The van der Waals surface area contributed by atoms with Crippen molar-refractivity contribution in [2.45, 2.75) is 8.69 Å². The van der Waals surface area contributed by atoms with E-state index < -0.39 is 2.14 Å². The number of carbonyl (C=O) groups is 1. The fourth-order valence-electron chi connectivity index (χ4n) is 1.51. The zero-order valence-corrected chi connectivity index (χ0v) is 15.2. The molecule has 0 fully saturated rings. The van der Waals surface area contributed by atoms with Crippen LogP contribution >= 0.6 is 47.8 Å². The summed E-state index contributed by atoms with van der Waals surface area (Å²) in [6.45, 7) is 4.64. The predicted octanol–water partition coefficient (Wildman–Crippen LogP) is 4.05. The van der Waals surface area contributed by atoms with Crippen molar-refractivity contribution in [3.8, 4) is 5.75 Å². The molecule has 0 unspecified atom stereocenters. The van der Waals surface area contributed by atoms with Crippen LogP contribution in [0.4, 0.5) is 0 Å². The van der Waals surface area contributed by atoms with Crippen LogP contribution in [0.2, 0.25) is 0 Å². The third-order valence-corrected chi connectivity index (χ3v) is 3.43. The van der Waals surface area contributed by atoms with Gasteiger partial charge in [-0.05, 0) is 65.5 Å². The van der Waals surface area contributed by atoms with E-state index in [9.17, 15) is 4.79 Å². The first-order valence-electron chi connectivity index (χ1n) is 5.48. The Kier molecular flexibility index (Phi) is 6.56. The molecule has 0 bridgehead atoms. The van der Waals surface area contributed by atoms with E-state index in [0.717, 1.165) is 11.3 Å². The first-order valence-corrected chi connectivity index (χ1v) is 7.86. The fourth-order valence-corrected chi connectivity index (χ4v) is 2.26. The largest absolute Gasteiger partial charge is 0.497 e. The zero-order chi connectivity index (χ0) is 14.5. The summed E-state index contributed by atoms with van der Waals surface area (Å²) in [6, 6.07) is 7.60. The summed E-state index contributed by atoms with van der Waals surface area (Å²) >= 11 is 9.72. The Bertz CT molecular complexity index is 440. The minimum atomic E-state index is -0.942. The number of hydrogen-bond acceptors (Lipinski definition) is 2. The first-order chi connectivity index (χ1) is 8.88. The van der Waals surface area contributed by atoms with Crippen molar-refractivity contribution in [2.24, 2.45) is 0 Å². The Morgan fingerprint density at radius 2 is 1.95 bits per heavy atom. The van der Waals surface area contributed by atoms with Crippen molar-refractivity contribution in [1.29, 1.82) is 0 Å². The van der Waals surface area contributed by atoms with Gasteiger partial charge < -0.3 is 9.64 Å². The van der Waals surface area contributed by atoms with Crippen LogP contribution in [0, 0.1) is 0 Å². The molecule has 0 saturated carbocycles. The molecule has 0 aliphatic heterocycles. The van der Waals surface area contributed by atoms with E-state index >= 15 is 0 Å². The smallest absolute Gasteiger partial charge is 0.261 e. The van der Waals surface area contributed by atoms with Gasteiger partial charge in [-0.25, -0.2) is 0 Å². The lowest BCUT2D eigenvalue weighted by Crippen LogP contribution is -2.38. The van der Waals surface area contributed by atoms with Crippen LogP contribution in [0.25, 0.3) is 0 Å². The van der Waals surface area contributed by atoms with Crippen molar-refractivity contribution in [1.82, 2.24) is 4.90 Å². The van der Waals surface area contributed by atoms with Crippen molar-refractivity contribution < 1.29 is 9.53 Å². The average Bonchev–Trinajstić information content (AvgIpc) is 2.37. The van der Waals surface area contributed by atoms with E-state index in [2.05, 4.69) is 54.4 Å². The molecule has 0 N–H and O–H groups in total. The second-order valence-corrected chi connectivity index (χ2v) is 10.6. The predicted molar refractivity (Wildman–Crippen MR) is 88.1 cm³/mol. The lowest BCUT2D eigenvalue weighted by molar-refractivity contribution is -0.129. The van der Waals surface area contributed by atoms with Crippen LogP contribution in [0.1, 0.15) is 5.56 Å². The monoisotopic (exact) mass is 453 g/mol. The average molecular weight is 456 g/mol. The highest BCUT2D eigenvalue weighted by Gasteiger charge is 2.32. The normalized spacial score (nSPS) is 10.9. The number of nitrogens with zero attached hydrogens (tertiary/aromatic N) is 1. The van der Waals surface area contributed by atoms with Crippen LogP contribution in [-0.2, 0) is 11.3 Å². The molecule has 0 aliphatic rings. The maximum Gasteiger partial charge on any atom is 0.261 e. The third kappa shape index (κ3) is 5.28. The van der Waals surface area contributed by atoms with Crippen molar-refractivity contribution in [2.75, 3.05) is 13.7 Å². The molecule has 0 radical (unpaired) electrons. The molecule has 1 aromatic rings. The number of ether oxygens (including phenoxy) is 1. The lowest BCUT2D eigenvalue weighted by atomic mass is 10.2. The van der Waals surface area contributed by atoms with Gasteiger partial charge in [-0.1, -0.05) is 18.2 Å². The first kappa shape index (κ1) is 16.7. The second-order valence-electron chi connectivity index (χ2n) is 3.82. The molecule has 104 valence electrons. The number of halogens is 3. The van der Waals surface area contributed by atoms with Gasteiger partial charge in [0.15, 0.2) is 0 Å².